The van der Waals surface area contributed by atoms with E-state index < -0.39 is 0 Å². The van der Waals surface area contributed by atoms with E-state index in [2.05, 4.69) is 24.9 Å². The Morgan fingerprint density at radius 1 is 1.21 bits per heavy atom. The van der Waals surface area contributed by atoms with E-state index in [1.165, 1.54) is 5.56 Å². The van der Waals surface area contributed by atoms with E-state index in [1.807, 2.05) is 37.3 Å². The molecule has 0 radical (unpaired) electrons. The maximum atomic E-state index is 5.92. The monoisotopic (exact) mass is 275 g/mol. The molecule has 0 amide bonds. The number of aryl methyl sites for hydroxylation is 1. The zero-order chi connectivity index (χ0) is 13.8. The smallest absolute Gasteiger partial charge is 0.219 e. The quantitative estimate of drug-likeness (QED) is 0.729. The van der Waals surface area contributed by atoms with Gasteiger partial charge in [-0.1, -0.05) is 32.0 Å². The standard InChI is InChI=1S/C16H18ClNO/c1-11(2)14-6-4-5-7-15(14)19-16-9-13(10-17)8-12(3)18-16/h4-9,11H,10H2,1-3H3. The van der Waals surface area contributed by atoms with Gasteiger partial charge in [-0.05, 0) is 36.1 Å². The van der Waals surface area contributed by atoms with E-state index in [0.717, 1.165) is 17.0 Å². The molecule has 0 aliphatic heterocycles. The highest BCUT2D eigenvalue weighted by Crippen LogP contribution is 2.30. The number of alkyl halides is 1. The van der Waals surface area contributed by atoms with Crippen molar-refractivity contribution in [2.75, 3.05) is 0 Å². The number of rotatable bonds is 4. The van der Waals surface area contributed by atoms with Crippen LogP contribution in [0, 0.1) is 6.92 Å². The number of hydrogen-bond donors (Lipinski definition) is 0. The summed E-state index contributed by atoms with van der Waals surface area (Å²) in [6.07, 6.45) is 0. The predicted molar refractivity (Wildman–Crippen MR) is 79.1 cm³/mol. The number of halogens is 1. The zero-order valence-electron chi connectivity index (χ0n) is 11.5. The second kappa shape index (κ2) is 6.07. The third-order valence-corrected chi connectivity index (χ3v) is 3.21. The molecule has 2 nitrogen and oxygen atoms in total. The van der Waals surface area contributed by atoms with E-state index in [1.54, 1.807) is 0 Å². The van der Waals surface area contributed by atoms with E-state index in [0.29, 0.717) is 17.7 Å². The Balaban J connectivity index is 2.33. The van der Waals surface area contributed by atoms with Gasteiger partial charge >= 0.3 is 0 Å². The maximum Gasteiger partial charge on any atom is 0.219 e. The van der Waals surface area contributed by atoms with Crippen molar-refractivity contribution in [1.82, 2.24) is 4.98 Å². The van der Waals surface area contributed by atoms with Crippen LogP contribution in [-0.4, -0.2) is 4.98 Å². The summed E-state index contributed by atoms with van der Waals surface area (Å²) in [5.41, 5.74) is 3.11. The molecule has 0 aliphatic rings. The fraction of sp³-hybridized carbons (Fsp3) is 0.312. The van der Waals surface area contributed by atoms with Crippen LogP contribution in [0.25, 0.3) is 0 Å². The van der Waals surface area contributed by atoms with Crippen LogP contribution >= 0.6 is 11.6 Å². The Bertz CT molecular complexity index is 566. The Morgan fingerprint density at radius 3 is 2.63 bits per heavy atom. The SMILES string of the molecule is Cc1cc(CCl)cc(Oc2ccccc2C(C)C)n1. The molecular weight excluding hydrogens is 258 g/mol. The van der Waals surface area contributed by atoms with Crippen LogP contribution in [0.4, 0.5) is 0 Å². The fourth-order valence-corrected chi connectivity index (χ4v) is 2.15. The highest BCUT2D eigenvalue weighted by atomic mass is 35.5. The molecule has 0 spiro atoms. The normalized spacial score (nSPS) is 10.8. The molecule has 0 saturated heterocycles. The number of benzene rings is 1. The molecule has 0 saturated carbocycles. The largest absolute Gasteiger partial charge is 0.439 e. The number of pyridine rings is 1. The summed E-state index contributed by atoms with van der Waals surface area (Å²) >= 11 is 5.87. The topological polar surface area (TPSA) is 22.1 Å². The second-order valence-corrected chi connectivity index (χ2v) is 5.15. The minimum absolute atomic E-state index is 0.411. The van der Waals surface area contributed by atoms with Crippen molar-refractivity contribution in [2.24, 2.45) is 0 Å². The Hall–Kier alpha value is -1.54. The lowest BCUT2D eigenvalue weighted by atomic mass is 10.0. The Kier molecular flexibility index (Phi) is 4.43. The molecular formula is C16H18ClNO. The van der Waals surface area contributed by atoms with Gasteiger partial charge in [0, 0.05) is 17.6 Å². The molecule has 0 atom stereocenters. The molecule has 3 heteroatoms. The van der Waals surface area contributed by atoms with Gasteiger partial charge in [-0.3, -0.25) is 0 Å². The molecule has 2 aromatic rings. The number of nitrogens with zero attached hydrogens (tertiary/aromatic N) is 1. The van der Waals surface area contributed by atoms with Crippen molar-refractivity contribution in [2.45, 2.75) is 32.6 Å². The van der Waals surface area contributed by atoms with Crippen molar-refractivity contribution in [1.29, 1.82) is 0 Å². The summed E-state index contributed by atoms with van der Waals surface area (Å²) in [6, 6.07) is 11.9. The molecule has 0 N–H and O–H groups in total. The minimum atomic E-state index is 0.411. The average Bonchev–Trinajstić information content (AvgIpc) is 2.38. The first-order chi connectivity index (χ1) is 9.10. The van der Waals surface area contributed by atoms with Gasteiger partial charge in [0.05, 0.1) is 0 Å². The number of hydrogen-bond acceptors (Lipinski definition) is 2. The first-order valence-electron chi connectivity index (χ1n) is 6.40. The van der Waals surface area contributed by atoms with E-state index >= 15 is 0 Å². The lowest BCUT2D eigenvalue weighted by Gasteiger charge is -2.13. The fourth-order valence-electron chi connectivity index (χ4n) is 2.00. The van der Waals surface area contributed by atoms with Gasteiger partial charge in [-0.25, -0.2) is 4.98 Å². The summed E-state index contributed by atoms with van der Waals surface area (Å²) in [5, 5.41) is 0. The first-order valence-corrected chi connectivity index (χ1v) is 6.94. The maximum absolute atomic E-state index is 5.92. The van der Waals surface area contributed by atoms with E-state index in [-0.39, 0.29) is 0 Å². The molecule has 1 aromatic heterocycles. The van der Waals surface area contributed by atoms with Crippen molar-refractivity contribution in [3.63, 3.8) is 0 Å². The molecule has 2 rings (SSSR count). The van der Waals surface area contributed by atoms with Crippen LogP contribution in [0.1, 0.15) is 36.6 Å². The van der Waals surface area contributed by atoms with Crippen LogP contribution in [0.2, 0.25) is 0 Å². The Morgan fingerprint density at radius 2 is 1.95 bits per heavy atom. The van der Waals surface area contributed by atoms with Crippen molar-refractivity contribution >= 4 is 11.6 Å². The first kappa shape index (κ1) is 13.9. The number of aromatic nitrogens is 1. The van der Waals surface area contributed by atoms with Crippen LogP contribution in [-0.2, 0) is 5.88 Å². The third kappa shape index (κ3) is 3.48. The molecule has 0 fully saturated rings. The van der Waals surface area contributed by atoms with Gasteiger partial charge in [-0.2, -0.15) is 0 Å². The van der Waals surface area contributed by atoms with Crippen molar-refractivity contribution in [3.8, 4) is 11.6 Å². The van der Waals surface area contributed by atoms with Crippen molar-refractivity contribution < 1.29 is 4.74 Å². The second-order valence-electron chi connectivity index (χ2n) is 4.88. The van der Waals surface area contributed by atoms with Crippen LogP contribution in [0.3, 0.4) is 0 Å². The molecule has 100 valence electrons. The van der Waals surface area contributed by atoms with Crippen LogP contribution in [0.15, 0.2) is 36.4 Å². The summed E-state index contributed by atoms with van der Waals surface area (Å²) in [4.78, 5) is 4.40. The highest BCUT2D eigenvalue weighted by molar-refractivity contribution is 6.17. The van der Waals surface area contributed by atoms with Crippen LogP contribution < -0.4 is 4.74 Å². The van der Waals surface area contributed by atoms with Gasteiger partial charge in [-0.15, -0.1) is 11.6 Å². The van der Waals surface area contributed by atoms with Gasteiger partial charge in [0.1, 0.15) is 5.75 Å². The van der Waals surface area contributed by atoms with Gasteiger partial charge in [0.15, 0.2) is 0 Å². The van der Waals surface area contributed by atoms with Gasteiger partial charge in [0.2, 0.25) is 5.88 Å². The van der Waals surface area contributed by atoms with E-state index in [9.17, 15) is 0 Å². The molecule has 1 heterocycles. The molecule has 0 bridgehead atoms. The summed E-state index contributed by atoms with van der Waals surface area (Å²) in [7, 11) is 0. The lowest BCUT2D eigenvalue weighted by Crippen LogP contribution is -1.96. The van der Waals surface area contributed by atoms with Crippen molar-refractivity contribution in [3.05, 3.63) is 53.2 Å². The molecule has 19 heavy (non-hydrogen) atoms. The molecule has 0 aliphatic carbocycles. The Labute approximate surface area is 119 Å². The number of para-hydroxylation sites is 1. The van der Waals surface area contributed by atoms with Crippen LogP contribution in [0.5, 0.6) is 11.6 Å². The summed E-state index contributed by atoms with van der Waals surface area (Å²) in [6.45, 7) is 6.24. The molecule has 1 aromatic carbocycles. The minimum Gasteiger partial charge on any atom is -0.439 e. The van der Waals surface area contributed by atoms with E-state index in [4.69, 9.17) is 16.3 Å². The predicted octanol–water partition coefficient (Wildman–Crippen LogP) is 5.04. The highest BCUT2D eigenvalue weighted by Gasteiger charge is 2.09. The summed E-state index contributed by atoms with van der Waals surface area (Å²) in [5.74, 6) is 2.33. The third-order valence-electron chi connectivity index (χ3n) is 2.90. The average molecular weight is 276 g/mol. The van der Waals surface area contributed by atoms with Gasteiger partial charge in [0.25, 0.3) is 0 Å². The zero-order valence-corrected chi connectivity index (χ0v) is 12.2. The lowest BCUT2D eigenvalue weighted by molar-refractivity contribution is 0.452. The number of ether oxygens (including phenoxy) is 1. The van der Waals surface area contributed by atoms with Gasteiger partial charge < -0.3 is 4.74 Å². The molecule has 0 unspecified atom stereocenters. The summed E-state index contributed by atoms with van der Waals surface area (Å²) < 4.78 is 5.92.